The number of nitrogens with one attached hydrogen (secondary N) is 1. The van der Waals surface area contributed by atoms with Gasteiger partial charge in [-0.3, -0.25) is 0 Å². The normalized spacial score (nSPS) is 24.8. The number of ether oxygens (including phenoxy) is 1. The molecule has 1 aliphatic heterocycles. The van der Waals surface area contributed by atoms with Crippen molar-refractivity contribution in [3.8, 4) is 11.8 Å². The molecule has 0 aromatic heterocycles. The fourth-order valence-electron chi connectivity index (χ4n) is 4.04. The number of carboxylic acids is 1. The molecule has 1 saturated carbocycles. The predicted octanol–water partition coefficient (Wildman–Crippen LogP) is 1.61. The SMILES string of the molecule is N#Cc1ccc(S(=O)(=O)NC2C(O)CC3Oc4c(C=CC(=O)O)cccc4C32)cc1. The van der Waals surface area contributed by atoms with Gasteiger partial charge in [0.05, 0.1) is 28.7 Å². The third kappa shape index (κ3) is 3.57. The van der Waals surface area contributed by atoms with E-state index in [0.717, 1.165) is 11.6 Å². The molecule has 0 radical (unpaired) electrons. The van der Waals surface area contributed by atoms with Gasteiger partial charge in [-0.2, -0.15) is 5.26 Å². The van der Waals surface area contributed by atoms with Crippen LogP contribution in [0.25, 0.3) is 6.08 Å². The fourth-order valence-corrected chi connectivity index (χ4v) is 5.33. The molecular weight excluding hydrogens is 408 g/mol. The summed E-state index contributed by atoms with van der Waals surface area (Å²) < 4.78 is 34.3. The Morgan fingerprint density at radius 3 is 2.63 bits per heavy atom. The Morgan fingerprint density at radius 2 is 1.97 bits per heavy atom. The molecule has 2 aliphatic rings. The molecule has 2 aromatic rings. The van der Waals surface area contributed by atoms with Crippen molar-refractivity contribution in [1.29, 1.82) is 5.26 Å². The van der Waals surface area contributed by atoms with Gasteiger partial charge in [0, 0.05) is 29.5 Å². The number of nitrogens with zero attached hydrogens (tertiary/aromatic N) is 1. The van der Waals surface area contributed by atoms with Crippen LogP contribution < -0.4 is 9.46 Å². The molecule has 4 rings (SSSR count). The zero-order chi connectivity index (χ0) is 21.5. The van der Waals surface area contributed by atoms with Crippen LogP contribution >= 0.6 is 0 Å². The number of aliphatic hydroxyl groups excluding tert-OH is 1. The molecule has 2 aromatic carbocycles. The number of para-hydroxylation sites is 1. The second-order valence-corrected chi connectivity index (χ2v) is 8.92. The smallest absolute Gasteiger partial charge is 0.328 e. The molecule has 154 valence electrons. The lowest BCUT2D eigenvalue weighted by atomic mass is 9.93. The third-order valence-electron chi connectivity index (χ3n) is 5.37. The minimum Gasteiger partial charge on any atom is -0.489 e. The van der Waals surface area contributed by atoms with E-state index in [-0.39, 0.29) is 11.3 Å². The van der Waals surface area contributed by atoms with E-state index < -0.39 is 40.2 Å². The first-order chi connectivity index (χ1) is 14.3. The summed E-state index contributed by atoms with van der Waals surface area (Å²) in [5.41, 5.74) is 1.64. The lowest BCUT2D eigenvalue weighted by Gasteiger charge is -2.22. The number of aliphatic hydroxyl groups is 1. The number of sulfonamides is 1. The highest BCUT2D eigenvalue weighted by atomic mass is 32.2. The maximum atomic E-state index is 12.9. The summed E-state index contributed by atoms with van der Waals surface area (Å²) >= 11 is 0. The van der Waals surface area contributed by atoms with Crippen LogP contribution in [0.4, 0.5) is 0 Å². The van der Waals surface area contributed by atoms with Gasteiger partial charge in [0.15, 0.2) is 0 Å². The first kappa shape index (κ1) is 20.1. The highest BCUT2D eigenvalue weighted by Gasteiger charge is 2.51. The number of aliphatic carboxylic acids is 1. The van der Waals surface area contributed by atoms with E-state index in [1.807, 2.05) is 6.07 Å². The van der Waals surface area contributed by atoms with Gasteiger partial charge in [-0.25, -0.2) is 17.9 Å². The quantitative estimate of drug-likeness (QED) is 0.618. The topological polar surface area (TPSA) is 137 Å². The zero-order valence-electron chi connectivity index (χ0n) is 15.6. The molecule has 1 fully saturated rings. The Labute approximate surface area is 173 Å². The standard InChI is InChI=1S/C21H18N2O6S/c22-11-12-4-7-14(8-5-12)30(27,28)23-20-16(24)10-17-19(20)15-3-1-2-13(21(15)29-17)6-9-18(25)26/h1-9,16-17,19-20,23-24H,10H2,(H,25,26). The summed E-state index contributed by atoms with van der Waals surface area (Å²) in [7, 11) is -3.94. The number of rotatable bonds is 5. The second kappa shape index (κ2) is 7.57. The summed E-state index contributed by atoms with van der Waals surface area (Å²) in [5, 5.41) is 28.3. The van der Waals surface area contributed by atoms with Crippen LogP contribution in [0.1, 0.15) is 29.0 Å². The van der Waals surface area contributed by atoms with Gasteiger partial charge in [-0.05, 0) is 30.3 Å². The van der Waals surface area contributed by atoms with Crippen molar-refractivity contribution in [2.24, 2.45) is 0 Å². The monoisotopic (exact) mass is 426 g/mol. The summed E-state index contributed by atoms with van der Waals surface area (Å²) in [6, 6.07) is 11.9. The van der Waals surface area contributed by atoms with Crippen LogP contribution in [0.3, 0.4) is 0 Å². The van der Waals surface area contributed by atoms with Crippen molar-refractivity contribution in [3.05, 3.63) is 65.2 Å². The molecule has 3 N–H and O–H groups in total. The van der Waals surface area contributed by atoms with Crippen LogP contribution in [0.5, 0.6) is 5.75 Å². The Bertz CT molecular complexity index is 1170. The van der Waals surface area contributed by atoms with Crippen molar-refractivity contribution in [3.63, 3.8) is 0 Å². The van der Waals surface area contributed by atoms with Crippen LogP contribution in [-0.4, -0.2) is 42.8 Å². The minimum absolute atomic E-state index is 0.00516. The average molecular weight is 426 g/mol. The van der Waals surface area contributed by atoms with Crippen molar-refractivity contribution < 1.29 is 28.2 Å². The highest BCUT2D eigenvalue weighted by molar-refractivity contribution is 7.89. The van der Waals surface area contributed by atoms with Gasteiger partial charge in [0.25, 0.3) is 0 Å². The number of hydrogen-bond donors (Lipinski definition) is 3. The third-order valence-corrected chi connectivity index (χ3v) is 6.85. The van der Waals surface area contributed by atoms with Crippen LogP contribution in [0.15, 0.2) is 53.4 Å². The molecule has 4 atom stereocenters. The summed E-state index contributed by atoms with van der Waals surface area (Å²) in [5.74, 6) is -1.00. The number of carbonyl (C=O) groups is 1. The van der Waals surface area contributed by atoms with E-state index in [1.165, 1.54) is 30.3 Å². The molecule has 30 heavy (non-hydrogen) atoms. The molecule has 0 bridgehead atoms. The second-order valence-electron chi connectivity index (χ2n) is 7.21. The molecule has 8 nitrogen and oxygen atoms in total. The number of hydrogen-bond acceptors (Lipinski definition) is 6. The van der Waals surface area contributed by atoms with Gasteiger partial charge >= 0.3 is 5.97 Å². The Hall–Kier alpha value is -3.19. The molecular formula is C21H18N2O6S. The number of carboxylic acid groups (broad SMARTS) is 1. The van der Waals surface area contributed by atoms with Crippen molar-refractivity contribution in [1.82, 2.24) is 4.72 Å². The van der Waals surface area contributed by atoms with E-state index >= 15 is 0 Å². The first-order valence-electron chi connectivity index (χ1n) is 9.21. The fraction of sp³-hybridized carbons (Fsp3) is 0.238. The van der Waals surface area contributed by atoms with Crippen molar-refractivity contribution in [2.75, 3.05) is 0 Å². The zero-order valence-corrected chi connectivity index (χ0v) is 16.4. The van der Waals surface area contributed by atoms with Crippen molar-refractivity contribution in [2.45, 2.75) is 35.5 Å². The number of nitriles is 1. The average Bonchev–Trinajstić information content (AvgIpc) is 3.22. The largest absolute Gasteiger partial charge is 0.489 e. The van der Waals surface area contributed by atoms with Gasteiger partial charge < -0.3 is 14.9 Å². The predicted molar refractivity (Wildman–Crippen MR) is 106 cm³/mol. The highest BCUT2D eigenvalue weighted by Crippen LogP contribution is 2.49. The molecule has 0 saturated heterocycles. The van der Waals surface area contributed by atoms with E-state index in [9.17, 15) is 18.3 Å². The van der Waals surface area contributed by atoms with Crippen LogP contribution in [0, 0.1) is 11.3 Å². The van der Waals surface area contributed by atoms with E-state index in [2.05, 4.69) is 4.72 Å². The van der Waals surface area contributed by atoms with Gasteiger partial charge in [-0.1, -0.05) is 18.2 Å². The molecule has 1 aliphatic carbocycles. The molecule has 0 spiro atoms. The van der Waals surface area contributed by atoms with Crippen molar-refractivity contribution >= 4 is 22.1 Å². The maximum absolute atomic E-state index is 12.9. The van der Waals surface area contributed by atoms with Gasteiger partial charge in [0.2, 0.25) is 10.0 Å². The molecule has 9 heteroatoms. The molecule has 4 unspecified atom stereocenters. The summed E-state index contributed by atoms with van der Waals surface area (Å²) in [6.07, 6.45) is 1.30. The lowest BCUT2D eigenvalue weighted by molar-refractivity contribution is -0.131. The summed E-state index contributed by atoms with van der Waals surface area (Å²) in [6.45, 7) is 0. The number of fused-ring (bicyclic) bond motifs is 3. The Balaban J connectivity index is 1.65. The lowest BCUT2D eigenvalue weighted by Crippen LogP contribution is -2.43. The molecule has 0 amide bonds. The van der Waals surface area contributed by atoms with E-state index in [4.69, 9.17) is 15.1 Å². The minimum atomic E-state index is -3.94. The van der Waals surface area contributed by atoms with Crippen LogP contribution in [-0.2, 0) is 14.8 Å². The van der Waals surface area contributed by atoms with E-state index in [0.29, 0.717) is 16.9 Å². The maximum Gasteiger partial charge on any atom is 0.328 e. The molecule has 1 heterocycles. The van der Waals surface area contributed by atoms with Gasteiger partial charge in [-0.15, -0.1) is 0 Å². The van der Waals surface area contributed by atoms with E-state index in [1.54, 1.807) is 18.2 Å². The first-order valence-corrected chi connectivity index (χ1v) is 10.7. The Morgan fingerprint density at radius 1 is 1.23 bits per heavy atom. The Kier molecular flexibility index (Phi) is 5.07. The number of benzene rings is 2. The van der Waals surface area contributed by atoms with Gasteiger partial charge in [0.1, 0.15) is 11.9 Å². The summed E-state index contributed by atoms with van der Waals surface area (Å²) in [4.78, 5) is 10.8. The van der Waals surface area contributed by atoms with Crippen LogP contribution in [0.2, 0.25) is 0 Å².